The number of hydrogen-bond donors (Lipinski definition) is 1. The van der Waals surface area contributed by atoms with Gasteiger partial charge in [0.25, 0.3) is 0 Å². The van der Waals surface area contributed by atoms with Crippen molar-refractivity contribution < 1.29 is 4.39 Å². The minimum absolute atomic E-state index is 0.0202. The van der Waals surface area contributed by atoms with E-state index in [9.17, 15) is 4.39 Å². The molecule has 0 unspecified atom stereocenters. The van der Waals surface area contributed by atoms with Gasteiger partial charge in [-0.2, -0.15) is 0 Å². The summed E-state index contributed by atoms with van der Waals surface area (Å²) in [6.07, 6.45) is 5.17. The van der Waals surface area contributed by atoms with Gasteiger partial charge in [0.05, 0.1) is 6.20 Å². The summed E-state index contributed by atoms with van der Waals surface area (Å²) in [6, 6.07) is 1.45. The molecule has 64 valence electrons. The molecule has 0 aliphatic heterocycles. The Morgan fingerprint density at radius 3 is 2.83 bits per heavy atom. The van der Waals surface area contributed by atoms with E-state index in [1.165, 1.54) is 12.3 Å². The number of hydrogen-bond acceptors (Lipinski definition) is 2. The van der Waals surface area contributed by atoms with E-state index in [0.29, 0.717) is 5.92 Å². The van der Waals surface area contributed by atoms with Crippen LogP contribution in [0.1, 0.15) is 24.4 Å². The summed E-state index contributed by atoms with van der Waals surface area (Å²) < 4.78 is 12.7. The maximum atomic E-state index is 12.7. The molecule has 2 nitrogen and oxygen atoms in total. The van der Waals surface area contributed by atoms with Gasteiger partial charge in [0.2, 0.25) is 0 Å². The SMILES string of the molecule is N[C@H](c1cncc(F)c1)C1CC1. The summed E-state index contributed by atoms with van der Waals surface area (Å²) >= 11 is 0. The Balaban J connectivity index is 2.20. The van der Waals surface area contributed by atoms with Crippen LogP contribution in [0.3, 0.4) is 0 Å². The molecule has 1 aliphatic rings. The van der Waals surface area contributed by atoms with Crippen molar-refractivity contribution in [2.24, 2.45) is 11.7 Å². The quantitative estimate of drug-likeness (QED) is 0.725. The summed E-state index contributed by atoms with van der Waals surface area (Å²) in [4.78, 5) is 3.76. The molecular formula is C9H11FN2. The van der Waals surface area contributed by atoms with Crippen molar-refractivity contribution in [3.8, 4) is 0 Å². The predicted molar refractivity (Wildman–Crippen MR) is 43.8 cm³/mol. The number of rotatable bonds is 2. The smallest absolute Gasteiger partial charge is 0.141 e. The molecule has 1 aliphatic carbocycles. The largest absolute Gasteiger partial charge is 0.324 e. The van der Waals surface area contributed by atoms with E-state index in [1.807, 2.05) is 0 Å². The Hall–Kier alpha value is -0.960. The second-order valence-electron chi connectivity index (χ2n) is 3.30. The van der Waals surface area contributed by atoms with Gasteiger partial charge >= 0.3 is 0 Å². The lowest BCUT2D eigenvalue weighted by molar-refractivity contribution is 0.594. The lowest BCUT2D eigenvalue weighted by Gasteiger charge is -2.08. The number of halogens is 1. The summed E-state index contributed by atoms with van der Waals surface area (Å²) in [5.74, 6) is 0.247. The fourth-order valence-corrected chi connectivity index (χ4v) is 1.34. The minimum Gasteiger partial charge on any atom is -0.324 e. The van der Waals surface area contributed by atoms with Crippen LogP contribution in [-0.2, 0) is 0 Å². The second-order valence-corrected chi connectivity index (χ2v) is 3.30. The standard InChI is InChI=1S/C9H11FN2/c10-8-3-7(4-12-5-8)9(11)6-1-2-6/h3-6,9H,1-2,11H2/t9-/m0/s1. The highest BCUT2D eigenvalue weighted by atomic mass is 19.1. The fraction of sp³-hybridized carbons (Fsp3) is 0.444. The van der Waals surface area contributed by atoms with Crippen LogP contribution in [0.15, 0.2) is 18.5 Å². The number of nitrogens with zero attached hydrogens (tertiary/aromatic N) is 1. The monoisotopic (exact) mass is 166 g/mol. The number of nitrogens with two attached hydrogens (primary N) is 1. The normalized spacial score (nSPS) is 19.2. The maximum absolute atomic E-state index is 12.7. The van der Waals surface area contributed by atoms with Gasteiger partial charge in [-0.15, -0.1) is 0 Å². The van der Waals surface area contributed by atoms with Crippen LogP contribution < -0.4 is 5.73 Å². The van der Waals surface area contributed by atoms with E-state index in [2.05, 4.69) is 4.98 Å². The summed E-state index contributed by atoms with van der Waals surface area (Å²) in [7, 11) is 0. The zero-order valence-corrected chi connectivity index (χ0v) is 6.70. The molecule has 1 aromatic heterocycles. The van der Waals surface area contributed by atoms with Crippen molar-refractivity contribution in [1.29, 1.82) is 0 Å². The van der Waals surface area contributed by atoms with E-state index in [1.54, 1.807) is 6.20 Å². The first-order valence-corrected chi connectivity index (χ1v) is 4.13. The highest BCUT2D eigenvalue weighted by Gasteiger charge is 2.29. The van der Waals surface area contributed by atoms with Gasteiger partial charge in [-0.1, -0.05) is 0 Å². The third-order valence-electron chi connectivity index (χ3n) is 2.24. The first kappa shape index (κ1) is 7.68. The molecular weight excluding hydrogens is 155 g/mol. The molecule has 2 N–H and O–H groups in total. The van der Waals surface area contributed by atoms with E-state index in [-0.39, 0.29) is 11.9 Å². The summed E-state index contributed by atoms with van der Waals surface area (Å²) in [6.45, 7) is 0. The van der Waals surface area contributed by atoms with E-state index in [4.69, 9.17) is 5.73 Å². The van der Waals surface area contributed by atoms with Gasteiger partial charge in [0.1, 0.15) is 5.82 Å². The molecule has 1 atom stereocenters. The highest BCUT2D eigenvalue weighted by Crippen LogP contribution is 2.39. The molecule has 1 aromatic rings. The minimum atomic E-state index is -0.302. The Morgan fingerprint density at radius 1 is 1.50 bits per heavy atom. The first-order valence-electron chi connectivity index (χ1n) is 4.13. The van der Waals surface area contributed by atoms with E-state index < -0.39 is 0 Å². The molecule has 0 aromatic carbocycles. The first-order chi connectivity index (χ1) is 5.77. The second kappa shape index (κ2) is 2.83. The number of aromatic nitrogens is 1. The lowest BCUT2D eigenvalue weighted by atomic mass is 10.1. The Bertz CT molecular complexity index is 284. The van der Waals surface area contributed by atoms with Crippen molar-refractivity contribution in [3.05, 3.63) is 29.8 Å². The van der Waals surface area contributed by atoms with Crippen LogP contribution >= 0.6 is 0 Å². The Morgan fingerprint density at radius 2 is 2.25 bits per heavy atom. The van der Waals surface area contributed by atoms with Gasteiger partial charge in [0.15, 0.2) is 0 Å². The predicted octanol–water partition coefficient (Wildman–Crippen LogP) is 1.63. The van der Waals surface area contributed by atoms with Crippen molar-refractivity contribution in [1.82, 2.24) is 4.98 Å². The van der Waals surface area contributed by atoms with Gasteiger partial charge in [0, 0.05) is 12.2 Å². The number of pyridine rings is 1. The molecule has 0 bridgehead atoms. The van der Waals surface area contributed by atoms with Crippen molar-refractivity contribution in [2.75, 3.05) is 0 Å². The van der Waals surface area contributed by atoms with Crippen LogP contribution in [0.4, 0.5) is 4.39 Å². The highest BCUT2D eigenvalue weighted by molar-refractivity contribution is 5.16. The van der Waals surface area contributed by atoms with Crippen LogP contribution in [-0.4, -0.2) is 4.98 Å². The van der Waals surface area contributed by atoms with Crippen molar-refractivity contribution >= 4 is 0 Å². The van der Waals surface area contributed by atoms with Crippen LogP contribution in [0.25, 0.3) is 0 Å². The molecule has 0 amide bonds. The average Bonchev–Trinajstić information content (AvgIpc) is 2.85. The van der Waals surface area contributed by atoms with Crippen LogP contribution in [0.5, 0.6) is 0 Å². The Kier molecular flexibility index (Phi) is 1.81. The van der Waals surface area contributed by atoms with Gasteiger partial charge in [-0.05, 0) is 30.4 Å². The molecule has 3 heteroatoms. The molecule has 0 radical (unpaired) electrons. The van der Waals surface area contributed by atoms with Crippen LogP contribution in [0.2, 0.25) is 0 Å². The van der Waals surface area contributed by atoms with E-state index in [0.717, 1.165) is 18.4 Å². The molecule has 0 saturated heterocycles. The summed E-state index contributed by atoms with van der Waals surface area (Å²) in [5.41, 5.74) is 6.68. The zero-order chi connectivity index (χ0) is 8.55. The van der Waals surface area contributed by atoms with Crippen LogP contribution in [0, 0.1) is 11.7 Å². The third kappa shape index (κ3) is 1.46. The topological polar surface area (TPSA) is 38.9 Å². The lowest BCUT2D eigenvalue weighted by Crippen LogP contribution is -2.12. The van der Waals surface area contributed by atoms with Gasteiger partial charge in [-0.25, -0.2) is 4.39 Å². The average molecular weight is 166 g/mol. The van der Waals surface area contributed by atoms with Gasteiger partial charge in [-0.3, -0.25) is 4.98 Å². The van der Waals surface area contributed by atoms with Crippen molar-refractivity contribution in [2.45, 2.75) is 18.9 Å². The fourth-order valence-electron chi connectivity index (χ4n) is 1.34. The molecule has 1 heterocycles. The van der Waals surface area contributed by atoms with Gasteiger partial charge < -0.3 is 5.73 Å². The Labute approximate surface area is 70.6 Å². The summed E-state index contributed by atoms with van der Waals surface area (Å²) in [5, 5.41) is 0. The third-order valence-corrected chi connectivity index (χ3v) is 2.24. The van der Waals surface area contributed by atoms with E-state index >= 15 is 0 Å². The molecule has 2 rings (SSSR count). The molecule has 1 fully saturated rings. The molecule has 1 saturated carbocycles. The maximum Gasteiger partial charge on any atom is 0.141 e. The van der Waals surface area contributed by atoms with Crippen molar-refractivity contribution in [3.63, 3.8) is 0 Å². The zero-order valence-electron chi connectivity index (χ0n) is 6.70. The molecule has 0 spiro atoms. The molecule has 12 heavy (non-hydrogen) atoms.